The minimum atomic E-state index is -0.0400. The summed E-state index contributed by atoms with van der Waals surface area (Å²) < 4.78 is 0. The van der Waals surface area contributed by atoms with Crippen LogP contribution in [0.1, 0.15) is 41.4 Å². The van der Waals surface area contributed by atoms with Gasteiger partial charge in [-0.05, 0) is 42.2 Å². The number of rotatable bonds is 4. The Labute approximate surface area is 131 Å². The molecule has 2 aromatic rings. The summed E-state index contributed by atoms with van der Waals surface area (Å²) in [6.07, 6.45) is 0. The van der Waals surface area contributed by atoms with E-state index in [1.165, 1.54) is 0 Å². The second kappa shape index (κ2) is 6.77. The van der Waals surface area contributed by atoms with Gasteiger partial charge in [-0.25, -0.2) is 0 Å². The van der Waals surface area contributed by atoms with Gasteiger partial charge in [0.1, 0.15) is 0 Å². The molecule has 2 nitrogen and oxygen atoms in total. The Hall–Kier alpha value is -1.80. The van der Waals surface area contributed by atoms with Crippen molar-refractivity contribution >= 4 is 17.5 Å². The largest absolute Gasteiger partial charge is 0.345 e. The van der Waals surface area contributed by atoms with Crippen LogP contribution in [0, 0.1) is 12.8 Å². The highest BCUT2D eigenvalue weighted by Crippen LogP contribution is 2.24. The standard InChI is InChI=1S/C18H20ClNO/c1-12(2)17(14-8-10-15(19)11-9-14)20-18(21)16-7-5-4-6-13(16)3/h4-12,17H,1-3H3,(H,20,21). The number of aryl methyl sites for hydroxylation is 1. The quantitative estimate of drug-likeness (QED) is 0.865. The highest BCUT2D eigenvalue weighted by atomic mass is 35.5. The third-order valence-electron chi connectivity index (χ3n) is 3.57. The fourth-order valence-corrected chi connectivity index (χ4v) is 2.48. The molecule has 0 aliphatic carbocycles. The van der Waals surface area contributed by atoms with Crippen molar-refractivity contribution in [3.05, 3.63) is 70.2 Å². The Bertz CT molecular complexity index is 619. The number of amides is 1. The normalized spacial score (nSPS) is 12.2. The maximum absolute atomic E-state index is 12.5. The van der Waals surface area contributed by atoms with Crippen LogP contribution in [0.15, 0.2) is 48.5 Å². The van der Waals surface area contributed by atoms with Crippen LogP contribution in [0.2, 0.25) is 5.02 Å². The van der Waals surface area contributed by atoms with Crippen molar-refractivity contribution in [3.8, 4) is 0 Å². The molecule has 2 rings (SSSR count). The van der Waals surface area contributed by atoms with Crippen molar-refractivity contribution < 1.29 is 4.79 Å². The fraction of sp³-hybridized carbons (Fsp3) is 0.278. The summed E-state index contributed by atoms with van der Waals surface area (Å²) in [5, 5.41) is 3.83. The summed E-state index contributed by atoms with van der Waals surface area (Å²) in [7, 11) is 0. The fourth-order valence-electron chi connectivity index (χ4n) is 2.35. The van der Waals surface area contributed by atoms with Gasteiger partial charge in [-0.1, -0.05) is 55.8 Å². The molecule has 1 unspecified atom stereocenters. The summed E-state index contributed by atoms with van der Waals surface area (Å²) in [6, 6.07) is 15.2. The van der Waals surface area contributed by atoms with E-state index < -0.39 is 0 Å². The van der Waals surface area contributed by atoms with E-state index in [-0.39, 0.29) is 11.9 Å². The highest BCUT2D eigenvalue weighted by molar-refractivity contribution is 6.30. The average Bonchev–Trinajstić information content (AvgIpc) is 2.46. The van der Waals surface area contributed by atoms with Crippen LogP contribution in [0.25, 0.3) is 0 Å². The molecular weight excluding hydrogens is 282 g/mol. The van der Waals surface area contributed by atoms with Gasteiger partial charge in [0.2, 0.25) is 0 Å². The van der Waals surface area contributed by atoms with E-state index in [0.717, 1.165) is 16.7 Å². The molecule has 110 valence electrons. The van der Waals surface area contributed by atoms with Gasteiger partial charge in [0, 0.05) is 10.6 Å². The first kappa shape index (κ1) is 15.6. The summed E-state index contributed by atoms with van der Waals surface area (Å²) >= 11 is 5.93. The molecule has 0 fully saturated rings. The van der Waals surface area contributed by atoms with Gasteiger partial charge < -0.3 is 5.32 Å². The average molecular weight is 302 g/mol. The van der Waals surface area contributed by atoms with Crippen LogP contribution in [-0.2, 0) is 0 Å². The van der Waals surface area contributed by atoms with Crippen LogP contribution in [-0.4, -0.2) is 5.91 Å². The molecule has 3 heteroatoms. The molecule has 0 spiro atoms. The van der Waals surface area contributed by atoms with Crippen LogP contribution < -0.4 is 5.32 Å². The first-order valence-electron chi connectivity index (χ1n) is 7.11. The molecule has 0 aromatic heterocycles. The zero-order valence-corrected chi connectivity index (χ0v) is 13.3. The van der Waals surface area contributed by atoms with Crippen LogP contribution in [0.4, 0.5) is 0 Å². The lowest BCUT2D eigenvalue weighted by Crippen LogP contribution is -2.32. The lowest BCUT2D eigenvalue weighted by atomic mass is 9.95. The Morgan fingerprint density at radius 3 is 2.24 bits per heavy atom. The first-order chi connectivity index (χ1) is 9.99. The number of halogens is 1. The molecule has 0 bridgehead atoms. The molecule has 0 saturated heterocycles. The maximum Gasteiger partial charge on any atom is 0.252 e. The van der Waals surface area contributed by atoms with Crippen LogP contribution in [0.5, 0.6) is 0 Å². The van der Waals surface area contributed by atoms with Crippen molar-refractivity contribution in [1.82, 2.24) is 5.32 Å². The van der Waals surface area contributed by atoms with Crippen LogP contribution in [0.3, 0.4) is 0 Å². The van der Waals surface area contributed by atoms with E-state index in [1.54, 1.807) is 0 Å². The van der Waals surface area contributed by atoms with E-state index in [2.05, 4.69) is 19.2 Å². The smallest absolute Gasteiger partial charge is 0.252 e. The van der Waals surface area contributed by atoms with Gasteiger partial charge in [-0.3, -0.25) is 4.79 Å². The minimum absolute atomic E-state index is 0.0330. The van der Waals surface area contributed by atoms with Gasteiger partial charge in [0.25, 0.3) is 5.91 Å². The van der Waals surface area contributed by atoms with Gasteiger partial charge in [-0.15, -0.1) is 0 Å². The molecule has 1 amide bonds. The Morgan fingerprint density at radius 1 is 1.05 bits per heavy atom. The Morgan fingerprint density at radius 2 is 1.67 bits per heavy atom. The molecule has 1 atom stereocenters. The maximum atomic E-state index is 12.5. The number of nitrogens with one attached hydrogen (secondary N) is 1. The van der Waals surface area contributed by atoms with Crippen molar-refractivity contribution in [2.45, 2.75) is 26.8 Å². The highest BCUT2D eigenvalue weighted by Gasteiger charge is 2.19. The molecular formula is C18H20ClNO. The summed E-state index contributed by atoms with van der Waals surface area (Å²) in [4.78, 5) is 12.5. The van der Waals surface area contributed by atoms with Crippen molar-refractivity contribution in [3.63, 3.8) is 0 Å². The zero-order valence-electron chi connectivity index (χ0n) is 12.6. The molecule has 21 heavy (non-hydrogen) atoms. The van der Waals surface area contributed by atoms with Gasteiger partial charge in [0.05, 0.1) is 6.04 Å². The summed E-state index contributed by atoms with van der Waals surface area (Å²) in [5.74, 6) is 0.251. The lowest BCUT2D eigenvalue weighted by Gasteiger charge is -2.23. The first-order valence-corrected chi connectivity index (χ1v) is 7.49. The van der Waals surface area contributed by atoms with Gasteiger partial charge in [0.15, 0.2) is 0 Å². The molecule has 0 radical (unpaired) electrons. The molecule has 2 aromatic carbocycles. The SMILES string of the molecule is Cc1ccccc1C(=O)NC(c1ccc(Cl)cc1)C(C)C. The van der Waals surface area contributed by atoms with Crippen LogP contribution >= 0.6 is 11.6 Å². The predicted molar refractivity (Wildman–Crippen MR) is 87.7 cm³/mol. The van der Waals surface area contributed by atoms with Crippen molar-refractivity contribution in [2.24, 2.45) is 5.92 Å². The molecule has 0 aliphatic rings. The number of carbonyl (C=O) groups is 1. The Balaban J connectivity index is 2.23. The van der Waals surface area contributed by atoms with Crippen molar-refractivity contribution in [1.29, 1.82) is 0 Å². The lowest BCUT2D eigenvalue weighted by molar-refractivity contribution is 0.0925. The summed E-state index contributed by atoms with van der Waals surface area (Å²) in [6.45, 7) is 6.14. The molecule has 0 heterocycles. The molecule has 0 saturated carbocycles. The zero-order chi connectivity index (χ0) is 15.4. The number of benzene rings is 2. The van der Waals surface area contributed by atoms with E-state index in [4.69, 9.17) is 11.6 Å². The second-order valence-corrected chi connectivity index (χ2v) is 6.00. The second-order valence-electron chi connectivity index (χ2n) is 5.56. The van der Waals surface area contributed by atoms with E-state index >= 15 is 0 Å². The van der Waals surface area contributed by atoms with Gasteiger partial charge in [-0.2, -0.15) is 0 Å². The number of carbonyl (C=O) groups excluding carboxylic acids is 1. The van der Waals surface area contributed by atoms with E-state index in [9.17, 15) is 4.79 Å². The molecule has 0 aliphatic heterocycles. The van der Waals surface area contributed by atoms with E-state index in [1.807, 2.05) is 55.5 Å². The topological polar surface area (TPSA) is 29.1 Å². The van der Waals surface area contributed by atoms with Crippen molar-refractivity contribution in [2.75, 3.05) is 0 Å². The monoisotopic (exact) mass is 301 g/mol. The molecule has 1 N–H and O–H groups in total. The summed E-state index contributed by atoms with van der Waals surface area (Å²) in [5.41, 5.74) is 2.77. The number of hydrogen-bond donors (Lipinski definition) is 1. The van der Waals surface area contributed by atoms with Gasteiger partial charge >= 0.3 is 0 Å². The third-order valence-corrected chi connectivity index (χ3v) is 3.82. The third kappa shape index (κ3) is 3.85. The Kier molecular flexibility index (Phi) is 5.03. The predicted octanol–water partition coefficient (Wildman–Crippen LogP) is 4.78. The van der Waals surface area contributed by atoms with E-state index in [0.29, 0.717) is 10.9 Å². The minimum Gasteiger partial charge on any atom is -0.345 e. The number of hydrogen-bond acceptors (Lipinski definition) is 1.